The average Bonchev–Trinajstić information content (AvgIpc) is 2.81. The fourth-order valence-electron chi connectivity index (χ4n) is 3.65. The van der Waals surface area contributed by atoms with Gasteiger partial charge in [-0.3, -0.25) is 19.7 Å². The highest BCUT2D eigenvalue weighted by atomic mass is 16.6. The van der Waals surface area contributed by atoms with E-state index in [1.165, 1.54) is 19.1 Å². The minimum Gasteiger partial charge on any atom is -0.450 e. The maximum absolute atomic E-state index is 13.1. The highest BCUT2D eigenvalue weighted by molar-refractivity contribution is 5.91. The van der Waals surface area contributed by atoms with Crippen LogP contribution in [0.5, 0.6) is 11.5 Å². The van der Waals surface area contributed by atoms with E-state index in [2.05, 4.69) is 16.0 Å². The molecule has 0 unspecified atom stereocenters. The van der Waals surface area contributed by atoms with E-state index >= 15 is 0 Å². The van der Waals surface area contributed by atoms with Gasteiger partial charge in [-0.2, -0.15) is 0 Å². The van der Waals surface area contributed by atoms with Gasteiger partial charge in [-0.25, -0.2) is 4.79 Å². The first kappa shape index (κ1) is 27.4. The van der Waals surface area contributed by atoms with Gasteiger partial charge >= 0.3 is 11.8 Å². The van der Waals surface area contributed by atoms with E-state index in [0.717, 1.165) is 0 Å². The highest BCUT2D eigenvalue weighted by Gasteiger charge is 2.29. The van der Waals surface area contributed by atoms with Gasteiger partial charge in [0.2, 0.25) is 17.6 Å². The van der Waals surface area contributed by atoms with Crippen molar-refractivity contribution in [2.45, 2.75) is 57.8 Å². The number of hydrogen-bond donors (Lipinski definition) is 4. The Morgan fingerprint density at radius 2 is 1.92 bits per heavy atom. The summed E-state index contributed by atoms with van der Waals surface area (Å²) in [5.41, 5.74) is -0.318. The molecular weight excluding hydrogens is 484 g/mol. The van der Waals surface area contributed by atoms with Crippen LogP contribution in [-0.4, -0.2) is 52.2 Å². The second kappa shape index (κ2) is 11.2. The molecule has 0 saturated heterocycles. The number of aliphatic hydroxyl groups excluding tert-OH is 1. The number of carbonyl (C=O) groups is 3. The van der Waals surface area contributed by atoms with Gasteiger partial charge in [-0.05, 0) is 57.0 Å². The summed E-state index contributed by atoms with van der Waals surface area (Å²) in [4.78, 5) is 49.5. The lowest BCUT2D eigenvalue weighted by Gasteiger charge is -2.25. The van der Waals surface area contributed by atoms with Crippen molar-refractivity contribution in [3.63, 3.8) is 0 Å². The van der Waals surface area contributed by atoms with Gasteiger partial charge in [-0.15, -0.1) is 0 Å². The molecular formula is C25H30N4O8. The van der Waals surface area contributed by atoms with Crippen LogP contribution in [0, 0.1) is 10.1 Å². The monoisotopic (exact) mass is 514 g/mol. The molecule has 2 heterocycles. The SMILES string of the molecule is C[C@@H]1NC(=O)[C@H](NC(=O)OC(C)(C)C)Cc2ccc(c([N+](=O)[O-])c2)Oc2cccc(c2)[C@H](CO)NC1=O. The molecule has 0 fully saturated rings. The second-order valence-corrected chi connectivity index (χ2v) is 9.61. The van der Waals surface area contributed by atoms with E-state index in [1.807, 2.05) is 0 Å². The van der Waals surface area contributed by atoms with Crippen molar-refractivity contribution in [3.8, 4) is 11.5 Å². The van der Waals surface area contributed by atoms with Gasteiger partial charge in [0.1, 0.15) is 23.4 Å². The summed E-state index contributed by atoms with van der Waals surface area (Å²) in [6, 6.07) is 7.54. The summed E-state index contributed by atoms with van der Waals surface area (Å²) in [6.45, 7) is 5.98. The van der Waals surface area contributed by atoms with E-state index in [9.17, 15) is 29.6 Å². The molecule has 0 saturated carbocycles. The molecule has 2 aromatic carbocycles. The molecule has 4 bridgehead atoms. The quantitative estimate of drug-likeness (QED) is 0.358. The van der Waals surface area contributed by atoms with Crippen LogP contribution >= 0.6 is 0 Å². The Bertz CT molecular complexity index is 1190. The molecule has 0 aromatic heterocycles. The van der Waals surface area contributed by atoms with Crippen LogP contribution in [0.15, 0.2) is 42.5 Å². The molecule has 2 aliphatic heterocycles. The van der Waals surface area contributed by atoms with Crippen molar-refractivity contribution in [1.29, 1.82) is 0 Å². The maximum Gasteiger partial charge on any atom is 0.408 e. The second-order valence-electron chi connectivity index (χ2n) is 9.61. The van der Waals surface area contributed by atoms with Crippen molar-refractivity contribution in [2.24, 2.45) is 0 Å². The third-order valence-electron chi connectivity index (χ3n) is 5.41. The lowest BCUT2D eigenvalue weighted by Crippen LogP contribution is -2.54. The molecule has 37 heavy (non-hydrogen) atoms. The summed E-state index contributed by atoms with van der Waals surface area (Å²) < 4.78 is 11.0. The van der Waals surface area contributed by atoms with Crippen LogP contribution in [0.1, 0.15) is 44.9 Å². The number of nitro groups is 1. The molecule has 198 valence electrons. The fourth-order valence-corrected chi connectivity index (χ4v) is 3.65. The number of hydrogen-bond acceptors (Lipinski definition) is 8. The lowest BCUT2D eigenvalue weighted by atomic mass is 10.0. The number of fused-ring (bicyclic) bond motifs is 9. The fraction of sp³-hybridized carbons (Fsp3) is 0.400. The first-order valence-electron chi connectivity index (χ1n) is 11.6. The number of rotatable bonds is 3. The van der Waals surface area contributed by atoms with Crippen molar-refractivity contribution in [3.05, 3.63) is 63.7 Å². The van der Waals surface area contributed by atoms with E-state index in [1.54, 1.807) is 51.1 Å². The Balaban J connectivity index is 2.04. The summed E-state index contributed by atoms with van der Waals surface area (Å²) in [5, 5.41) is 29.4. The third-order valence-corrected chi connectivity index (χ3v) is 5.41. The van der Waals surface area contributed by atoms with Crippen molar-refractivity contribution in [2.75, 3.05) is 6.61 Å². The molecule has 4 N–H and O–H groups in total. The third kappa shape index (κ3) is 7.40. The number of nitrogens with zero attached hydrogens (tertiary/aromatic N) is 1. The topological polar surface area (TPSA) is 169 Å². The summed E-state index contributed by atoms with van der Waals surface area (Å²) in [6.07, 6.45) is -0.998. The number of aliphatic hydroxyl groups is 1. The van der Waals surface area contributed by atoms with E-state index in [4.69, 9.17) is 9.47 Å². The van der Waals surface area contributed by atoms with Gasteiger partial charge in [0.15, 0.2) is 0 Å². The van der Waals surface area contributed by atoms with Crippen LogP contribution in [0.25, 0.3) is 0 Å². The summed E-state index contributed by atoms with van der Waals surface area (Å²) in [5.74, 6) is -1.05. The zero-order valence-corrected chi connectivity index (χ0v) is 20.9. The Morgan fingerprint density at radius 1 is 1.19 bits per heavy atom. The largest absolute Gasteiger partial charge is 0.450 e. The smallest absolute Gasteiger partial charge is 0.408 e. The first-order chi connectivity index (χ1) is 17.4. The Morgan fingerprint density at radius 3 is 2.57 bits per heavy atom. The minimum absolute atomic E-state index is 0.0442. The highest BCUT2D eigenvalue weighted by Crippen LogP contribution is 2.33. The summed E-state index contributed by atoms with van der Waals surface area (Å²) in [7, 11) is 0. The minimum atomic E-state index is -1.22. The molecule has 3 atom stereocenters. The molecule has 2 aromatic rings. The van der Waals surface area contributed by atoms with E-state index < -0.39 is 53.2 Å². The maximum atomic E-state index is 13.1. The van der Waals surface area contributed by atoms with Crippen LogP contribution < -0.4 is 20.7 Å². The van der Waals surface area contributed by atoms with Crippen LogP contribution in [0.4, 0.5) is 10.5 Å². The van der Waals surface area contributed by atoms with E-state index in [0.29, 0.717) is 11.1 Å². The van der Waals surface area contributed by atoms with Crippen molar-refractivity contribution in [1.82, 2.24) is 16.0 Å². The number of benzene rings is 2. The number of alkyl carbamates (subject to hydrolysis) is 1. The predicted octanol–water partition coefficient (Wildman–Crippen LogP) is 2.49. The Kier molecular flexibility index (Phi) is 8.33. The number of nitro benzene ring substituents is 1. The number of nitrogens with one attached hydrogen (secondary N) is 3. The van der Waals surface area contributed by atoms with Gasteiger partial charge in [0.05, 0.1) is 17.6 Å². The molecule has 12 heteroatoms. The lowest BCUT2D eigenvalue weighted by molar-refractivity contribution is -0.385. The number of amides is 3. The van der Waals surface area contributed by atoms with Crippen LogP contribution in [-0.2, 0) is 20.7 Å². The normalized spacial score (nSPS) is 20.3. The van der Waals surface area contributed by atoms with Crippen LogP contribution in [0.3, 0.4) is 0 Å². The van der Waals surface area contributed by atoms with Gasteiger partial charge in [0.25, 0.3) is 0 Å². The molecule has 12 nitrogen and oxygen atoms in total. The Hall–Kier alpha value is -4.19. The zero-order chi connectivity index (χ0) is 27.3. The molecule has 2 aliphatic rings. The average molecular weight is 515 g/mol. The van der Waals surface area contributed by atoms with Gasteiger partial charge < -0.3 is 30.5 Å². The Labute approximate surface area is 213 Å². The van der Waals surface area contributed by atoms with Gasteiger partial charge in [-0.1, -0.05) is 18.2 Å². The molecule has 3 amide bonds. The van der Waals surface area contributed by atoms with Crippen molar-refractivity contribution >= 4 is 23.6 Å². The number of carbonyl (C=O) groups excluding carboxylic acids is 3. The first-order valence-corrected chi connectivity index (χ1v) is 11.6. The molecule has 4 rings (SSSR count). The number of ether oxygens (including phenoxy) is 2. The zero-order valence-electron chi connectivity index (χ0n) is 20.9. The molecule has 0 radical (unpaired) electrons. The standard InChI is InChI=1S/C25H30N4O8/c1-14-22(31)27-19(13-30)16-6-5-7-17(12-16)36-21-9-8-15(11-20(21)29(34)35)10-18(23(32)26-14)28-24(33)37-25(2,3)4/h5-9,11-12,14,18-19,30H,10,13H2,1-4H3,(H,26,32)(H,27,31)(H,28,33)/t14-,18+,19-/m0/s1. The van der Waals surface area contributed by atoms with Crippen LogP contribution in [0.2, 0.25) is 0 Å². The predicted molar refractivity (Wildman–Crippen MR) is 132 cm³/mol. The van der Waals surface area contributed by atoms with Gasteiger partial charge in [0, 0.05) is 12.5 Å². The van der Waals surface area contributed by atoms with Crippen molar-refractivity contribution < 1.29 is 33.9 Å². The van der Waals surface area contributed by atoms with E-state index in [-0.39, 0.29) is 23.6 Å². The summed E-state index contributed by atoms with van der Waals surface area (Å²) >= 11 is 0. The molecule has 0 aliphatic carbocycles. The molecule has 0 spiro atoms.